The predicted molar refractivity (Wildman–Crippen MR) is 85.9 cm³/mol. The van der Waals surface area contributed by atoms with Crippen LogP contribution in [-0.4, -0.2) is 18.0 Å². The summed E-state index contributed by atoms with van der Waals surface area (Å²) in [6, 6.07) is 6.92. The van der Waals surface area contributed by atoms with Gasteiger partial charge in [0.1, 0.15) is 5.75 Å². The molecular formula is C17H24N2O3. The van der Waals surface area contributed by atoms with Gasteiger partial charge in [-0.15, -0.1) is 0 Å². The van der Waals surface area contributed by atoms with Gasteiger partial charge in [0.15, 0.2) is 0 Å². The number of hydrogen-bond donors (Lipinski definition) is 2. The number of amides is 2. The molecule has 0 radical (unpaired) electrons. The van der Waals surface area contributed by atoms with Crippen LogP contribution in [0.1, 0.15) is 46.5 Å². The van der Waals surface area contributed by atoms with Crippen molar-refractivity contribution in [1.82, 2.24) is 5.32 Å². The molecule has 1 fully saturated rings. The first kappa shape index (κ1) is 16.3. The molecule has 1 aliphatic carbocycles. The molecule has 1 aliphatic rings. The van der Waals surface area contributed by atoms with Gasteiger partial charge in [-0.25, -0.2) is 4.79 Å². The minimum absolute atomic E-state index is 0.133. The molecule has 0 bridgehead atoms. The summed E-state index contributed by atoms with van der Waals surface area (Å²) < 4.78 is 5.27. The summed E-state index contributed by atoms with van der Waals surface area (Å²) >= 11 is 0. The van der Waals surface area contributed by atoms with Crippen LogP contribution in [-0.2, 0) is 4.79 Å². The van der Waals surface area contributed by atoms with Gasteiger partial charge in [-0.05, 0) is 55.4 Å². The maximum Gasteiger partial charge on any atom is 0.412 e. The Morgan fingerprint density at radius 1 is 1.14 bits per heavy atom. The second-order valence-electron chi connectivity index (χ2n) is 6.68. The van der Waals surface area contributed by atoms with Crippen LogP contribution < -0.4 is 15.4 Å². The lowest BCUT2D eigenvalue weighted by Gasteiger charge is -2.34. The molecule has 0 aliphatic heterocycles. The Bertz CT molecular complexity index is 527. The van der Waals surface area contributed by atoms with Gasteiger partial charge < -0.3 is 15.4 Å². The van der Waals surface area contributed by atoms with E-state index in [1.165, 1.54) is 6.92 Å². The average Bonchev–Trinajstić information content (AvgIpc) is 2.43. The van der Waals surface area contributed by atoms with Crippen molar-refractivity contribution in [3.63, 3.8) is 0 Å². The van der Waals surface area contributed by atoms with Crippen molar-refractivity contribution < 1.29 is 14.3 Å². The molecule has 2 rings (SSSR count). The minimum Gasteiger partial charge on any atom is -0.410 e. The van der Waals surface area contributed by atoms with E-state index >= 15 is 0 Å². The van der Waals surface area contributed by atoms with E-state index in [-0.39, 0.29) is 11.9 Å². The zero-order valence-corrected chi connectivity index (χ0v) is 13.4. The lowest BCUT2D eigenvalue weighted by Crippen LogP contribution is -2.40. The molecule has 2 amide bonds. The largest absolute Gasteiger partial charge is 0.412 e. The lowest BCUT2D eigenvalue weighted by molar-refractivity contribution is -0.114. The molecule has 0 aromatic heterocycles. The maximum absolute atomic E-state index is 11.9. The Morgan fingerprint density at radius 3 is 2.27 bits per heavy atom. The van der Waals surface area contributed by atoms with E-state index in [4.69, 9.17) is 4.74 Å². The molecule has 0 heterocycles. The van der Waals surface area contributed by atoms with Crippen LogP contribution in [0.4, 0.5) is 10.5 Å². The first-order chi connectivity index (χ1) is 10.3. The highest BCUT2D eigenvalue weighted by atomic mass is 16.6. The fraction of sp³-hybridized carbons (Fsp3) is 0.529. The number of carbonyl (C=O) groups is 2. The number of hydrogen-bond acceptors (Lipinski definition) is 3. The van der Waals surface area contributed by atoms with Crippen LogP contribution in [0, 0.1) is 5.41 Å². The van der Waals surface area contributed by atoms with Crippen molar-refractivity contribution in [1.29, 1.82) is 0 Å². The van der Waals surface area contributed by atoms with Crippen molar-refractivity contribution in [3.05, 3.63) is 24.3 Å². The molecule has 1 aromatic carbocycles. The number of carbonyl (C=O) groups excluding carboxylic acids is 2. The topological polar surface area (TPSA) is 67.4 Å². The van der Waals surface area contributed by atoms with Gasteiger partial charge in [0, 0.05) is 18.7 Å². The van der Waals surface area contributed by atoms with E-state index in [9.17, 15) is 9.59 Å². The third-order valence-electron chi connectivity index (χ3n) is 4.05. The van der Waals surface area contributed by atoms with Crippen LogP contribution in [0.5, 0.6) is 5.75 Å². The summed E-state index contributed by atoms with van der Waals surface area (Å²) in [5, 5.41) is 5.58. The summed E-state index contributed by atoms with van der Waals surface area (Å²) in [6.45, 7) is 5.97. The summed E-state index contributed by atoms with van der Waals surface area (Å²) in [7, 11) is 0. The molecule has 0 atom stereocenters. The second kappa shape index (κ2) is 6.81. The zero-order valence-electron chi connectivity index (χ0n) is 13.4. The Morgan fingerprint density at radius 2 is 1.73 bits per heavy atom. The predicted octanol–water partition coefficient (Wildman–Crippen LogP) is 3.70. The highest BCUT2D eigenvalue weighted by molar-refractivity contribution is 5.88. The van der Waals surface area contributed by atoms with Crippen LogP contribution in [0.25, 0.3) is 0 Å². The first-order valence-electron chi connectivity index (χ1n) is 7.70. The van der Waals surface area contributed by atoms with Crippen molar-refractivity contribution >= 4 is 17.7 Å². The smallest absolute Gasteiger partial charge is 0.410 e. The van der Waals surface area contributed by atoms with Crippen molar-refractivity contribution in [2.75, 3.05) is 5.32 Å². The van der Waals surface area contributed by atoms with E-state index in [0.717, 1.165) is 25.7 Å². The Labute approximate surface area is 131 Å². The molecule has 0 spiro atoms. The Kier molecular flexibility index (Phi) is 5.06. The third-order valence-corrected chi connectivity index (χ3v) is 4.05. The van der Waals surface area contributed by atoms with Gasteiger partial charge in [0.2, 0.25) is 5.91 Å². The Balaban J connectivity index is 1.81. The van der Waals surface area contributed by atoms with Crippen LogP contribution >= 0.6 is 0 Å². The van der Waals surface area contributed by atoms with Crippen LogP contribution in [0.15, 0.2) is 24.3 Å². The summed E-state index contributed by atoms with van der Waals surface area (Å²) in [5.74, 6) is 0.328. The van der Waals surface area contributed by atoms with Crippen molar-refractivity contribution in [3.8, 4) is 5.75 Å². The average molecular weight is 304 g/mol. The molecule has 0 unspecified atom stereocenters. The first-order valence-corrected chi connectivity index (χ1v) is 7.70. The van der Waals surface area contributed by atoms with Gasteiger partial charge in [-0.1, -0.05) is 13.8 Å². The maximum atomic E-state index is 11.9. The number of rotatable bonds is 3. The van der Waals surface area contributed by atoms with Crippen LogP contribution in [0.2, 0.25) is 0 Å². The van der Waals surface area contributed by atoms with E-state index in [0.29, 0.717) is 16.9 Å². The Hall–Kier alpha value is -2.04. The molecule has 5 nitrogen and oxygen atoms in total. The van der Waals surface area contributed by atoms with E-state index in [1.807, 2.05) is 0 Å². The van der Waals surface area contributed by atoms with Gasteiger partial charge in [0.25, 0.3) is 0 Å². The normalized spacial score (nSPS) is 17.6. The van der Waals surface area contributed by atoms with Crippen molar-refractivity contribution in [2.24, 2.45) is 5.41 Å². The van der Waals surface area contributed by atoms with Gasteiger partial charge >= 0.3 is 6.09 Å². The zero-order chi connectivity index (χ0) is 16.2. The highest BCUT2D eigenvalue weighted by Crippen LogP contribution is 2.35. The monoisotopic (exact) mass is 304 g/mol. The number of benzene rings is 1. The van der Waals surface area contributed by atoms with E-state index in [2.05, 4.69) is 24.5 Å². The third kappa shape index (κ3) is 5.06. The van der Waals surface area contributed by atoms with E-state index in [1.54, 1.807) is 24.3 Å². The minimum atomic E-state index is -0.419. The molecule has 2 N–H and O–H groups in total. The molecule has 1 aromatic rings. The van der Waals surface area contributed by atoms with Gasteiger partial charge in [-0.2, -0.15) is 0 Å². The number of ether oxygens (including phenoxy) is 1. The van der Waals surface area contributed by atoms with Crippen LogP contribution in [0.3, 0.4) is 0 Å². The van der Waals surface area contributed by atoms with Gasteiger partial charge in [0.05, 0.1) is 0 Å². The van der Waals surface area contributed by atoms with Gasteiger partial charge in [-0.3, -0.25) is 4.79 Å². The number of nitrogens with one attached hydrogen (secondary N) is 2. The molecule has 0 saturated heterocycles. The summed E-state index contributed by atoms with van der Waals surface area (Å²) in [5.41, 5.74) is 1.05. The number of anilines is 1. The molecule has 1 saturated carbocycles. The fourth-order valence-corrected chi connectivity index (χ4v) is 2.66. The molecule has 120 valence electrons. The highest BCUT2D eigenvalue weighted by Gasteiger charge is 2.27. The molecule has 22 heavy (non-hydrogen) atoms. The summed E-state index contributed by atoms with van der Waals surface area (Å²) in [4.78, 5) is 22.8. The van der Waals surface area contributed by atoms with Crippen molar-refractivity contribution in [2.45, 2.75) is 52.5 Å². The lowest BCUT2D eigenvalue weighted by atomic mass is 9.76. The second-order valence-corrected chi connectivity index (χ2v) is 6.68. The molecular weight excluding hydrogens is 280 g/mol. The summed E-state index contributed by atoms with van der Waals surface area (Å²) in [6.07, 6.45) is 3.79. The van der Waals surface area contributed by atoms with E-state index < -0.39 is 6.09 Å². The fourth-order valence-electron chi connectivity index (χ4n) is 2.66. The SMILES string of the molecule is CC(=O)Nc1ccc(OC(=O)NC2CCC(C)(C)CC2)cc1. The molecule has 5 heteroatoms. The quantitative estimate of drug-likeness (QED) is 0.894. The standard InChI is InChI=1S/C17H24N2O3/c1-12(20)18-13-4-6-15(7-5-13)22-16(21)19-14-8-10-17(2,3)11-9-14/h4-7,14H,8-11H2,1-3H3,(H,18,20)(H,19,21).